The predicted octanol–water partition coefficient (Wildman–Crippen LogP) is 2.18. The van der Waals surface area contributed by atoms with Crippen LogP contribution in [-0.2, 0) is 4.79 Å². The molecule has 1 aromatic carbocycles. The van der Waals surface area contributed by atoms with Gasteiger partial charge in [0, 0.05) is 25.9 Å². The molecule has 0 aliphatic carbocycles. The van der Waals surface area contributed by atoms with Crippen LogP contribution in [0.5, 0.6) is 0 Å². The molecular formula is C12H15NO. The van der Waals surface area contributed by atoms with Crippen LogP contribution in [-0.4, -0.2) is 24.8 Å². The molecule has 0 bridgehead atoms. The number of hydrogen-bond acceptors (Lipinski definition) is 2. The van der Waals surface area contributed by atoms with Gasteiger partial charge in [-0.2, -0.15) is 0 Å². The highest BCUT2D eigenvalue weighted by Crippen LogP contribution is 2.15. The quantitative estimate of drug-likeness (QED) is 0.679. The Morgan fingerprint density at radius 3 is 2.21 bits per heavy atom. The Labute approximate surface area is 84.9 Å². The van der Waals surface area contributed by atoms with E-state index in [0.29, 0.717) is 0 Å². The van der Waals surface area contributed by atoms with Gasteiger partial charge in [0.25, 0.3) is 0 Å². The summed E-state index contributed by atoms with van der Waals surface area (Å²) in [5.74, 6) is 0.0672. The Kier molecular flexibility index (Phi) is 3.46. The van der Waals surface area contributed by atoms with Crippen molar-refractivity contribution in [2.75, 3.05) is 14.1 Å². The van der Waals surface area contributed by atoms with Crippen LogP contribution in [0.4, 0.5) is 0 Å². The Hall–Kier alpha value is -1.57. The zero-order valence-corrected chi connectivity index (χ0v) is 8.82. The Morgan fingerprint density at radius 2 is 1.79 bits per heavy atom. The smallest absolute Gasteiger partial charge is 0.154 e. The number of nitrogens with zero attached hydrogens (tertiary/aromatic N) is 1. The van der Waals surface area contributed by atoms with E-state index in [9.17, 15) is 4.79 Å². The number of benzene rings is 1. The molecule has 2 nitrogen and oxygen atoms in total. The summed E-state index contributed by atoms with van der Waals surface area (Å²) in [6.07, 6.45) is 1.65. The molecular weight excluding hydrogens is 174 g/mol. The number of carbonyl (C=O) groups excluding carboxylic acids is 1. The van der Waals surface area contributed by atoms with Crippen LogP contribution in [0.25, 0.3) is 5.70 Å². The molecule has 0 heterocycles. The molecule has 74 valence electrons. The van der Waals surface area contributed by atoms with Gasteiger partial charge >= 0.3 is 0 Å². The Balaban J connectivity index is 3.08. The Morgan fingerprint density at radius 1 is 1.21 bits per heavy atom. The van der Waals surface area contributed by atoms with Crippen molar-refractivity contribution in [3.8, 4) is 0 Å². The lowest BCUT2D eigenvalue weighted by Crippen LogP contribution is -2.11. The summed E-state index contributed by atoms with van der Waals surface area (Å²) in [6, 6.07) is 9.88. The molecule has 0 saturated carbocycles. The van der Waals surface area contributed by atoms with E-state index in [1.54, 1.807) is 13.0 Å². The van der Waals surface area contributed by atoms with Crippen molar-refractivity contribution in [3.63, 3.8) is 0 Å². The number of carbonyl (C=O) groups is 1. The average Bonchev–Trinajstić information content (AvgIpc) is 2.15. The summed E-state index contributed by atoms with van der Waals surface area (Å²) in [4.78, 5) is 13.0. The second-order valence-electron chi connectivity index (χ2n) is 3.40. The monoisotopic (exact) mass is 189 g/mol. The molecule has 0 spiro atoms. The minimum atomic E-state index is 0.0672. The summed E-state index contributed by atoms with van der Waals surface area (Å²) in [5.41, 5.74) is 2.01. The minimum absolute atomic E-state index is 0.0672. The molecule has 1 rings (SSSR count). The van der Waals surface area contributed by atoms with Crippen LogP contribution in [0.3, 0.4) is 0 Å². The van der Waals surface area contributed by atoms with Gasteiger partial charge in [-0.1, -0.05) is 30.3 Å². The summed E-state index contributed by atoms with van der Waals surface area (Å²) < 4.78 is 0. The third-order valence-corrected chi connectivity index (χ3v) is 1.89. The third kappa shape index (κ3) is 2.73. The van der Waals surface area contributed by atoms with Gasteiger partial charge in [-0.05, 0) is 12.5 Å². The van der Waals surface area contributed by atoms with Crippen molar-refractivity contribution in [1.29, 1.82) is 0 Å². The summed E-state index contributed by atoms with van der Waals surface area (Å²) >= 11 is 0. The van der Waals surface area contributed by atoms with Crippen molar-refractivity contribution in [2.45, 2.75) is 6.92 Å². The Bertz CT molecular complexity index is 339. The molecule has 0 aliphatic heterocycles. The molecule has 0 atom stereocenters. The average molecular weight is 189 g/mol. The number of ketones is 1. The highest BCUT2D eigenvalue weighted by molar-refractivity contribution is 5.94. The van der Waals surface area contributed by atoms with E-state index >= 15 is 0 Å². The molecule has 0 aromatic heterocycles. The lowest BCUT2D eigenvalue weighted by atomic mass is 10.1. The first-order chi connectivity index (χ1) is 6.61. The molecule has 14 heavy (non-hydrogen) atoms. The van der Waals surface area contributed by atoms with Crippen LogP contribution < -0.4 is 0 Å². The fourth-order valence-electron chi connectivity index (χ4n) is 1.27. The third-order valence-electron chi connectivity index (χ3n) is 1.89. The fraction of sp³-hybridized carbons (Fsp3) is 0.250. The number of rotatable bonds is 3. The van der Waals surface area contributed by atoms with E-state index in [-0.39, 0.29) is 5.78 Å². The number of hydrogen-bond donors (Lipinski definition) is 0. The van der Waals surface area contributed by atoms with Crippen LogP contribution in [0.2, 0.25) is 0 Å². The zero-order chi connectivity index (χ0) is 10.6. The van der Waals surface area contributed by atoms with Crippen molar-refractivity contribution in [3.05, 3.63) is 42.0 Å². The van der Waals surface area contributed by atoms with E-state index in [0.717, 1.165) is 11.3 Å². The maximum atomic E-state index is 11.0. The van der Waals surface area contributed by atoms with Gasteiger partial charge in [-0.3, -0.25) is 4.79 Å². The molecule has 0 saturated heterocycles. The molecule has 0 fully saturated rings. The van der Waals surface area contributed by atoms with Crippen molar-refractivity contribution < 1.29 is 4.79 Å². The SMILES string of the molecule is CC(=O)C=C(c1ccccc1)N(C)C. The summed E-state index contributed by atoms with van der Waals surface area (Å²) in [7, 11) is 3.86. The van der Waals surface area contributed by atoms with Gasteiger partial charge in [0.15, 0.2) is 5.78 Å². The molecule has 2 heteroatoms. The van der Waals surface area contributed by atoms with Gasteiger partial charge in [0.2, 0.25) is 0 Å². The summed E-state index contributed by atoms with van der Waals surface area (Å²) in [6.45, 7) is 1.56. The van der Waals surface area contributed by atoms with Crippen LogP contribution >= 0.6 is 0 Å². The molecule has 0 radical (unpaired) electrons. The second-order valence-corrected chi connectivity index (χ2v) is 3.40. The van der Waals surface area contributed by atoms with Crippen molar-refractivity contribution in [1.82, 2.24) is 4.90 Å². The van der Waals surface area contributed by atoms with Gasteiger partial charge in [-0.25, -0.2) is 0 Å². The summed E-state index contributed by atoms with van der Waals surface area (Å²) in [5, 5.41) is 0. The molecule has 1 aromatic rings. The van der Waals surface area contributed by atoms with Gasteiger partial charge in [0.1, 0.15) is 0 Å². The molecule has 0 aliphatic rings. The molecule has 0 N–H and O–H groups in total. The number of allylic oxidation sites excluding steroid dienone is 1. The van der Waals surface area contributed by atoms with E-state index < -0.39 is 0 Å². The van der Waals surface area contributed by atoms with Crippen molar-refractivity contribution >= 4 is 11.5 Å². The topological polar surface area (TPSA) is 20.3 Å². The fourth-order valence-corrected chi connectivity index (χ4v) is 1.27. The van der Waals surface area contributed by atoms with E-state index in [2.05, 4.69) is 0 Å². The lowest BCUT2D eigenvalue weighted by Gasteiger charge is -2.16. The van der Waals surface area contributed by atoms with Crippen LogP contribution in [0.15, 0.2) is 36.4 Å². The normalized spacial score (nSPS) is 11.2. The van der Waals surface area contributed by atoms with E-state index in [4.69, 9.17) is 0 Å². The van der Waals surface area contributed by atoms with Gasteiger partial charge < -0.3 is 4.90 Å². The first kappa shape index (κ1) is 10.5. The lowest BCUT2D eigenvalue weighted by molar-refractivity contribution is -0.112. The minimum Gasteiger partial charge on any atom is -0.377 e. The molecule has 0 amide bonds. The second kappa shape index (κ2) is 4.61. The van der Waals surface area contributed by atoms with E-state index in [1.807, 2.05) is 49.3 Å². The van der Waals surface area contributed by atoms with Crippen molar-refractivity contribution in [2.24, 2.45) is 0 Å². The van der Waals surface area contributed by atoms with E-state index in [1.165, 1.54) is 0 Å². The molecule has 0 unspecified atom stereocenters. The van der Waals surface area contributed by atoms with Crippen LogP contribution in [0.1, 0.15) is 12.5 Å². The highest BCUT2D eigenvalue weighted by Gasteiger charge is 2.03. The highest BCUT2D eigenvalue weighted by atomic mass is 16.1. The first-order valence-electron chi connectivity index (χ1n) is 4.56. The zero-order valence-electron chi connectivity index (χ0n) is 8.82. The largest absolute Gasteiger partial charge is 0.377 e. The maximum Gasteiger partial charge on any atom is 0.154 e. The predicted molar refractivity (Wildman–Crippen MR) is 58.8 cm³/mol. The maximum absolute atomic E-state index is 11.0. The van der Waals surface area contributed by atoms with Crippen LogP contribution in [0, 0.1) is 0 Å². The standard InChI is InChI=1S/C12H15NO/c1-10(14)9-12(13(2)3)11-7-5-4-6-8-11/h4-9H,1-3H3. The first-order valence-corrected chi connectivity index (χ1v) is 4.56. The van der Waals surface area contributed by atoms with Gasteiger partial charge in [-0.15, -0.1) is 0 Å². The van der Waals surface area contributed by atoms with Gasteiger partial charge in [0.05, 0.1) is 0 Å².